The molecule has 0 atom stereocenters. The van der Waals surface area contributed by atoms with E-state index in [1.807, 2.05) is 19.1 Å². The molecule has 74 valence electrons. The molecule has 1 fully saturated rings. The van der Waals surface area contributed by atoms with Gasteiger partial charge in [0, 0.05) is 17.5 Å². The summed E-state index contributed by atoms with van der Waals surface area (Å²) in [6.07, 6.45) is 4.11. The summed E-state index contributed by atoms with van der Waals surface area (Å²) in [5.41, 5.74) is 4.58. The Morgan fingerprint density at radius 2 is 2.43 bits per heavy atom. The quantitative estimate of drug-likeness (QED) is 0.313. The molecule has 0 bridgehead atoms. The van der Waals surface area contributed by atoms with Crippen LogP contribution in [0.25, 0.3) is 0 Å². The van der Waals surface area contributed by atoms with Crippen molar-refractivity contribution in [3.8, 4) is 0 Å². The molecule has 3 N–H and O–H groups in total. The monoisotopic (exact) mass is 190 g/mol. The Hall–Kier alpha value is -1.42. The lowest BCUT2D eigenvalue weighted by Gasteiger charge is -2.07. The molecule has 1 aliphatic rings. The van der Waals surface area contributed by atoms with Gasteiger partial charge < -0.3 is 5.43 Å². The lowest BCUT2D eigenvalue weighted by atomic mass is 10.2. The lowest BCUT2D eigenvalue weighted by Crippen LogP contribution is -2.32. The van der Waals surface area contributed by atoms with E-state index in [1.54, 1.807) is 6.20 Å². The Morgan fingerprint density at radius 3 is 3.00 bits per heavy atom. The number of nitrogens with zero attached hydrogens (tertiary/aromatic N) is 2. The molecule has 1 aromatic heterocycles. The van der Waals surface area contributed by atoms with Crippen molar-refractivity contribution >= 4 is 5.84 Å². The summed E-state index contributed by atoms with van der Waals surface area (Å²) in [7, 11) is 0. The number of nitrogens with one attached hydrogen (secondary N) is 1. The van der Waals surface area contributed by atoms with Gasteiger partial charge >= 0.3 is 0 Å². The SMILES string of the molecule is Cc1ncccc1C(=NC1CC1)NN. The van der Waals surface area contributed by atoms with Crippen molar-refractivity contribution in [2.45, 2.75) is 25.8 Å². The van der Waals surface area contributed by atoms with Crippen LogP contribution in [0.2, 0.25) is 0 Å². The highest BCUT2D eigenvalue weighted by Crippen LogP contribution is 2.24. The highest BCUT2D eigenvalue weighted by atomic mass is 15.3. The first kappa shape index (κ1) is 9.15. The third-order valence-electron chi connectivity index (χ3n) is 2.26. The molecule has 0 saturated heterocycles. The second-order valence-electron chi connectivity index (χ2n) is 3.49. The van der Waals surface area contributed by atoms with Crippen LogP contribution < -0.4 is 11.3 Å². The van der Waals surface area contributed by atoms with E-state index in [1.165, 1.54) is 12.8 Å². The van der Waals surface area contributed by atoms with Gasteiger partial charge in [0.2, 0.25) is 0 Å². The summed E-state index contributed by atoms with van der Waals surface area (Å²) < 4.78 is 0. The van der Waals surface area contributed by atoms with E-state index in [-0.39, 0.29) is 0 Å². The maximum absolute atomic E-state index is 5.44. The molecule has 1 aliphatic carbocycles. The molecule has 4 heteroatoms. The van der Waals surface area contributed by atoms with E-state index in [4.69, 9.17) is 5.84 Å². The van der Waals surface area contributed by atoms with Gasteiger partial charge in [0.15, 0.2) is 0 Å². The average Bonchev–Trinajstić information content (AvgIpc) is 2.99. The van der Waals surface area contributed by atoms with Gasteiger partial charge in [-0.05, 0) is 31.9 Å². The number of nitrogens with two attached hydrogens (primary N) is 1. The van der Waals surface area contributed by atoms with Gasteiger partial charge in [-0.15, -0.1) is 0 Å². The number of hydrazine groups is 1. The zero-order valence-corrected chi connectivity index (χ0v) is 8.20. The van der Waals surface area contributed by atoms with E-state index in [0.29, 0.717) is 6.04 Å². The fraction of sp³-hybridized carbons (Fsp3) is 0.400. The minimum atomic E-state index is 0.459. The van der Waals surface area contributed by atoms with Crippen LogP contribution in [0.4, 0.5) is 0 Å². The summed E-state index contributed by atoms with van der Waals surface area (Å²) in [5.74, 6) is 6.19. The van der Waals surface area contributed by atoms with Crippen LogP contribution in [0.3, 0.4) is 0 Å². The Morgan fingerprint density at radius 1 is 1.64 bits per heavy atom. The number of amidine groups is 1. The number of hydrogen-bond acceptors (Lipinski definition) is 3. The fourth-order valence-corrected chi connectivity index (χ4v) is 1.31. The van der Waals surface area contributed by atoms with Crippen LogP contribution in [0.5, 0.6) is 0 Å². The average molecular weight is 190 g/mol. The molecule has 0 radical (unpaired) electrons. The molecule has 0 aliphatic heterocycles. The first-order chi connectivity index (χ1) is 6.81. The van der Waals surface area contributed by atoms with Crippen LogP contribution >= 0.6 is 0 Å². The Labute approximate surface area is 83.2 Å². The van der Waals surface area contributed by atoms with Crippen LogP contribution in [-0.4, -0.2) is 16.9 Å². The van der Waals surface area contributed by atoms with Gasteiger partial charge in [-0.1, -0.05) is 0 Å². The van der Waals surface area contributed by atoms with Gasteiger partial charge in [-0.3, -0.25) is 9.98 Å². The lowest BCUT2D eigenvalue weighted by molar-refractivity contribution is 0.965. The molecule has 0 amide bonds. The molecular weight excluding hydrogens is 176 g/mol. The van der Waals surface area contributed by atoms with Gasteiger partial charge in [-0.2, -0.15) is 0 Å². The van der Waals surface area contributed by atoms with E-state index >= 15 is 0 Å². The number of rotatable bonds is 2. The van der Waals surface area contributed by atoms with Gasteiger partial charge in [-0.25, -0.2) is 5.84 Å². The summed E-state index contributed by atoms with van der Waals surface area (Å²) >= 11 is 0. The molecule has 0 spiro atoms. The third kappa shape index (κ3) is 1.90. The Balaban J connectivity index is 2.30. The second-order valence-corrected chi connectivity index (χ2v) is 3.49. The summed E-state index contributed by atoms with van der Waals surface area (Å²) in [6.45, 7) is 1.95. The van der Waals surface area contributed by atoms with E-state index in [2.05, 4.69) is 15.4 Å². The van der Waals surface area contributed by atoms with Crippen molar-refractivity contribution in [2.24, 2.45) is 10.8 Å². The van der Waals surface area contributed by atoms with Crippen molar-refractivity contribution in [3.63, 3.8) is 0 Å². The molecule has 0 aromatic carbocycles. The minimum absolute atomic E-state index is 0.459. The largest absolute Gasteiger partial charge is 0.308 e. The van der Waals surface area contributed by atoms with Crippen LogP contribution in [-0.2, 0) is 0 Å². The van der Waals surface area contributed by atoms with E-state index < -0.39 is 0 Å². The minimum Gasteiger partial charge on any atom is -0.308 e. The van der Waals surface area contributed by atoms with Crippen molar-refractivity contribution in [2.75, 3.05) is 0 Å². The third-order valence-corrected chi connectivity index (χ3v) is 2.26. The highest BCUT2D eigenvalue weighted by molar-refractivity contribution is 5.99. The molecule has 1 heterocycles. The van der Waals surface area contributed by atoms with Gasteiger partial charge in [0.25, 0.3) is 0 Å². The summed E-state index contributed by atoms with van der Waals surface area (Å²) in [4.78, 5) is 8.68. The summed E-state index contributed by atoms with van der Waals surface area (Å²) in [5, 5.41) is 0. The molecular formula is C10H14N4. The zero-order chi connectivity index (χ0) is 9.97. The maximum Gasteiger partial charge on any atom is 0.144 e. The first-order valence-electron chi connectivity index (χ1n) is 4.77. The number of aliphatic imine (C=N–C) groups is 1. The van der Waals surface area contributed by atoms with Crippen LogP contribution in [0, 0.1) is 6.92 Å². The smallest absolute Gasteiger partial charge is 0.144 e. The molecule has 0 unspecified atom stereocenters. The Bertz CT molecular complexity index is 355. The topological polar surface area (TPSA) is 63.3 Å². The normalized spacial score (nSPS) is 16.9. The number of aromatic nitrogens is 1. The van der Waals surface area contributed by atoms with E-state index in [0.717, 1.165) is 17.1 Å². The Kier molecular flexibility index (Phi) is 2.45. The zero-order valence-electron chi connectivity index (χ0n) is 8.20. The molecule has 14 heavy (non-hydrogen) atoms. The molecule has 2 rings (SSSR count). The molecule has 4 nitrogen and oxygen atoms in total. The van der Waals surface area contributed by atoms with Crippen molar-refractivity contribution in [1.82, 2.24) is 10.4 Å². The van der Waals surface area contributed by atoms with E-state index in [9.17, 15) is 0 Å². The number of hydrogen-bond donors (Lipinski definition) is 2. The highest BCUT2D eigenvalue weighted by Gasteiger charge is 2.21. The fourth-order valence-electron chi connectivity index (χ4n) is 1.31. The van der Waals surface area contributed by atoms with Crippen LogP contribution in [0.15, 0.2) is 23.3 Å². The van der Waals surface area contributed by atoms with Gasteiger partial charge in [0.1, 0.15) is 5.84 Å². The van der Waals surface area contributed by atoms with Crippen molar-refractivity contribution < 1.29 is 0 Å². The van der Waals surface area contributed by atoms with Crippen molar-refractivity contribution in [3.05, 3.63) is 29.6 Å². The van der Waals surface area contributed by atoms with Crippen molar-refractivity contribution in [1.29, 1.82) is 0 Å². The standard InChI is InChI=1S/C10H14N4/c1-7-9(3-2-6-12-7)10(14-11)13-8-4-5-8/h2-3,6,8H,4-5,11H2,1H3,(H,13,14). The first-order valence-corrected chi connectivity index (χ1v) is 4.77. The molecule has 1 saturated carbocycles. The number of pyridine rings is 1. The second kappa shape index (κ2) is 3.75. The predicted octanol–water partition coefficient (Wildman–Crippen LogP) is 0.762. The van der Waals surface area contributed by atoms with Crippen LogP contribution in [0.1, 0.15) is 24.1 Å². The van der Waals surface area contributed by atoms with Gasteiger partial charge in [0.05, 0.1) is 6.04 Å². The number of aryl methyl sites for hydroxylation is 1. The molecule has 1 aromatic rings. The maximum atomic E-state index is 5.44. The summed E-state index contributed by atoms with van der Waals surface area (Å²) in [6, 6.07) is 4.33. The predicted molar refractivity (Wildman–Crippen MR) is 55.9 cm³/mol.